The highest BCUT2D eigenvalue weighted by Gasteiger charge is 2.35. The van der Waals surface area contributed by atoms with E-state index in [-0.39, 0.29) is 18.3 Å². The average molecular weight is 352 g/mol. The number of carbonyl (C=O) groups excluding carboxylic acids is 1. The molecule has 0 spiro atoms. The Morgan fingerprint density at radius 3 is 2.62 bits per heavy atom. The van der Waals surface area contributed by atoms with Gasteiger partial charge < -0.3 is 20.2 Å². The molecule has 0 bridgehead atoms. The van der Waals surface area contributed by atoms with Crippen molar-refractivity contribution in [2.45, 2.75) is 31.8 Å². The second-order valence-electron chi connectivity index (χ2n) is 5.96. The maximum atomic E-state index is 12.3. The van der Waals surface area contributed by atoms with Gasteiger partial charge in [0.05, 0.1) is 17.8 Å². The molecule has 7 heteroatoms. The van der Waals surface area contributed by atoms with Crippen molar-refractivity contribution in [3.63, 3.8) is 0 Å². The number of nitrogens with one attached hydrogen (secondary N) is 1. The number of nitrogens with two attached hydrogens (primary N) is 1. The molecule has 2 heterocycles. The Kier molecular flexibility index (Phi) is 5.99. The summed E-state index contributed by atoms with van der Waals surface area (Å²) in [4.78, 5) is 16.7. The third kappa shape index (κ3) is 4.14. The van der Waals surface area contributed by atoms with E-state index < -0.39 is 5.54 Å². The van der Waals surface area contributed by atoms with Crippen LogP contribution in [0.15, 0.2) is 34.9 Å². The first-order valence-corrected chi connectivity index (χ1v) is 7.73. The summed E-state index contributed by atoms with van der Waals surface area (Å²) in [5, 5.41) is 2.84. The average Bonchev–Trinajstić information content (AvgIpc) is 3.03. The number of halogens is 1. The van der Waals surface area contributed by atoms with Gasteiger partial charge in [-0.3, -0.25) is 4.79 Å². The lowest BCUT2D eigenvalue weighted by Crippen LogP contribution is -2.56. The molecule has 0 aliphatic carbocycles. The molecular weight excluding hydrogens is 330 g/mol. The number of nitrogens with zero attached hydrogens (tertiary/aromatic N) is 1. The van der Waals surface area contributed by atoms with E-state index in [4.69, 9.17) is 14.9 Å². The van der Waals surface area contributed by atoms with E-state index in [1.807, 2.05) is 31.2 Å². The Labute approximate surface area is 147 Å². The number of oxazole rings is 1. The molecule has 1 amide bonds. The van der Waals surface area contributed by atoms with E-state index in [0.717, 1.165) is 5.56 Å². The highest BCUT2D eigenvalue weighted by Crippen LogP contribution is 2.20. The summed E-state index contributed by atoms with van der Waals surface area (Å²) in [6.07, 6.45) is 2.63. The second-order valence-corrected chi connectivity index (χ2v) is 5.96. The third-order valence-electron chi connectivity index (χ3n) is 4.12. The van der Waals surface area contributed by atoms with Gasteiger partial charge in [0.2, 0.25) is 11.8 Å². The SMILES string of the molecule is Cc1ccc(-c2nc(CNC(=O)C3(N)CCOCC3)co2)cc1.Cl. The first-order chi connectivity index (χ1) is 11.1. The molecule has 1 saturated heterocycles. The predicted molar refractivity (Wildman–Crippen MR) is 92.7 cm³/mol. The molecule has 24 heavy (non-hydrogen) atoms. The standard InChI is InChI=1S/C17H21N3O3.ClH/c1-12-2-4-13(5-3-12)15-20-14(11-23-15)10-19-16(21)17(18)6-8-22-9-7-17;/h2-5,11H,6-10,18H2,1H3,(H,19,21);1H. The van der Waals surface area contributed by atoms with Crippen LogP contribution >= 0.6 is 12.4 Å². The highest BCUT2D eigenvalue weighted by atomic mass is 35.5. The van der Waals surface area contributed by atoms with Crippen LogP contribution in [0.5, 0.6) is 0 Å². The Morgan fingerprint density at radius 1 is 1.29 bits per heavy atom. The Morgan fingerprint density at radius 2 is 1.96 bits per heavy atom. The fourth-order valence-corrected chi connectivity index (χ4v) is 2.53. The lowest BCUT2D eigenvalue weighted by atomic mass is 9.90. The molecule has 0 unspecified atom stereocenters. The van der Waals surface area contributed by atoms with E-state index in [2.05, 4.69) is 10.3 Å². The van der Waals surface area contributed by atoms with Crippen molar-refractivity contribution in [1.82, 2.24) is 10.3 Å². The molecule has 0 atom stereocenters. The fourth-order valence-electron chi connectivity index (χ4n) is 2.53. The smallest absolute Gasteiger partial charge is 0.240 e. The molecule has 2 aromatic rings. The maximum Gasteiger partial charge on any atom is 0.240 e. The minimum Gasteiger partial charge on any atom is -0.444 e. The fraction of sp³-hybridized carbons (Fsp3) is 0.412. The van der Waals surface area contributed by atoms with E-state index in [0.29, 0.717) is 44.2 Å². The summed E-state index contributed by atoms with van der Waals surface area (Å²) in [6.45, 7) is 3.37. The molecular formula is C17H22ClN3O3. The van der Waals surface area contributed by atoms with Gasteiger partial charge in [-0.25, -0.2) is 4.98 Å². The topological polar surface area (TPSA) is 90.4 Å². The van der Waals surface area contributed by atoms with Crippen molar-refractivity contribution in [3.05, 3.63) is 41.8 Å². The molecule has 6 nitrogen and oxygen atoms in total. The van der Waals surface area contributed by atoms with Gasteiger partial charge in [0.1, 0.15) is 6.26 Å². The van der Waals surface area contributed by atoms with Gasteiger partial charge >= 0.3 is 0 Å². The van der Waals surface area contributed by atoms with Gasteiger partial charge in [0, 0.05) is 18.8 Å². The van der Waals surface area contributed by atoms with Crippen LogP contribution in [-0.4, -0.2) is 29.6 Å². The van der Waals surface area contributed by atoms with Gasteiger partial charge in [0.15, 0.2) is 0 Å². The summed E-state index contributed by atoms with van der Waals surface area (Å²) in [7, 11) is 0. The van der Waals surface area contributed by atoms with Crippen LogP contribution in [0, 0.1) is 6.92 Å². The van der Waals surface area contributed by atoms with E-state index in [1.54, 1.807) is 6.26 Å². The molecule has 1 aromatic carbocycles. The number of aryl methyl sites for hydroxylation is 1. The van der Waals surface area contributed by atoms with Crippen molar-refractivity contribution < 1.29 is 13.9 Å². The molecule has 1 aliphatic rings. The Balaban J connectivity index is 0.00000208. The lowest BCUT2D eigenvalue weighted by molar-refractivity contribution is -0.129. The minimum absolute atomic E-state index is 0. The number of ether oxygens (including phenoxy) is 1. The van der Waals surface area contributed by atoms with Crippen LogP contribution in [0.2, 0.25) is 0 Å². The number of aromatic nitrogens is 1. The summed E-state index contributed by atoms with van der Waals surface area (Å²) < 4.78 is 10.7. The summed E-state index contributed by atoms with van der Waals surface area (Å²) >= 11 is 0. The molecule has 0 saturated carbocycles. The first kappa shape index (κ1) is 18.4. The minimum atomic E-state index is -0.845. The largest absolute Gasteiger partial charge is 0.444 e. The van der Waals surface area contributed by atoms with Crippen molar-refractivity contribution in [2.24, 2.45) is 5.73 Å². The quantitative estimate of drug-likeness (QED) is 0.881. The number of hydrogen-bond acceptors (Lipinski definition) is 5. The summed E-state index contributed by atoms with van der Waals surface area (Å²) in [6, 6.07) is 7.93. The second kappa shape index (κ2) is 7.79. The van der Waals surface area contributed by atoms with Crippen molar-refractivity contribution in [1.29, 1.82) is 0 Å². The molecule has 1 aromatic heterocycles. The van der Waals surface area contributed by atoms with Crippen molar-refractivity contribution in [2.75, 3.05) is 13.2 Å². The Bertz CT molecular complexity index is 679. The van der Waals surface area contributed by atoms with Crippen LogP contribution in [-0.2, 0) is 16.1 Å². The third-order valence-corrected chi connectivity index (χ3v) is 4.12. The maximum absolute atomic E-state index is 12.3. The van der Waals surface area contributed by atoms with Crippen molar-refractivity contribution in [3.8, 4) is 11.5 Å². The monoisotopic (exact) mass is 351 g/mol. The number of benzene rings is 1. The van der Waals surface area contributed by atoms with Crippen LogP contribution in [0.4, 0.5) is 0 Å². The molecule has 1 aliphatic heterocycles. The lowest BCUT2D eigenvalue weighted by Gasteiger charge is -2.31. The van der Waals surface area contributed by atoms with Crippen molar-refractivity contribution >= 4 is 18.3 Å². The van der Waals surface area contributed by atoms with Gasteiger partial charge in [-0.15, -0.1) is 12.4 Å². The zero-order valence-electron chi connectivity index (χ0n) is 13.6. The van der Waals surface area contributed by atoms with Crippen LogP contribution in [0.1, 0.15) is 24.1 Å². The number of hydrogen-bond donors (Lipinski definition) is 2. The van der Waals surface area contributed by atoms with Crippen LogP contribution < -0.4 is 11.1 Å². The van der Waals surface area contributed by atoms with Gasteiger partial charge in [-0.05, 0) is 31.9 Å². The number of amides is 1. The molecule has 1 fully saturated rings. The van der Waals surface area contributed by atoms with Gasteiger partial charge in [0.25, 0.3) is 0 Å². The summed E-state index contributed by atoms with van der Waals surface area (Å²) in [5.74, 6) is 0.378. The highest BCUT2D eigenvalue weighted by molar-refractivity contribution is 5.86. The van der Waals surface area contributed by atoms with Gasteiger partial charge in [-0.2, -0.15) is 0 Å². The molecule has 0 radical (unpaired) electrons. The number of rotatable bonds is 4. The zero-order valence-corrected chi connectivity index (χ0v) is 14.4. The van der Waals surface area contributed by atoms with Crippen LogP contribution in [0.25, 0.3) is 11.5 Å². The predicted octanol–water partition coefficient (Wildman–Crippen LogP) is 2.20. The number of carbonyl (C=O) groups is 1. The van der Waals surface area contributed by atoms with Gasteiger partial charge in [-0.1, -0.05) is 17.7 Å². The molecule has 130 valence electrons. The summed E-state index contributed by atoms with van der Waals surface area (Å²) in [5.41, 5.74) is 8.06. The first-order valence-electron chi connectivity index (χ1n) is 7.73. The zero-order chi connectivity index (χ0) is 16.3. The molecule has 3 N–H and O–H groups in total. The van der Waals surface area contributed by atoms with E-state index >= 15 is 0 Å². The van der Waals surface area contributed by atoms with Crippen LogP contribution in [0.3, 0.4) is 0 Å². The van der Waals surface area contributed by atoms with E-state index in [9.17, 15) is 4.79 Å². The van der Waals surface area contributed by atoms with E-state index in [1.165, 1.54) is 5.56 Å². The normalized spacial score (nSPS) is 16.2. The Hall–Kier alpha value is -1.89. The molecule has 3 rings (SSSR count).